The Bertz CT molecular complexity index is 451. The monoisotopic (exact) mass is 430 g/mol. The smallest absolute Gasteiger partial charge is 0.191 e. The standard InChI is InChI=1S/C18H30N4.HI/c1-16-7-9-17(10-8-16)15-21-18(19-2)20-11-14-22-12-5-3-4-6-13-22;/h7-10H,3-6,11-15H2,1-2H3,(H2,19,20,21);1H. The number of hydrogen-bond donors (Lipinski definition) is 2. The van der Waals surface area contributed by atoms with Gasteiger partial charge >= 0.3 is 0 Å². The molecule has 1 aromatic rings. The van der Waals surface area contributed by atoms with E-state index in [1.807, 2.05) is 7.05 Å². The van der Waals surface area contributed by atoms with E-state index in [1.165, 1.54) is 49.9 Å². The van der Waals surface area contributed by atoms with E-state index in [0.717, 1.165) is 25.6 Å². The van der Waals surface area contributed by atoms with Crippen LogP contribution in [0.2, 0.25) is 0 Å². The number of benzene rings is 1. The highest BCUT2D eigenvalue weighted by atomic mass is 127. The van der Waals surface area contributed by atoms with Crippen LogP contribution in [0.1, 0.15) is 36.8 Å². The molecular weight excluding hydrogens is 399 g/mol. The minimum Gasteiger partial charge on any atom is -0.355 e. The van der Waals surface area contributed by atoms with Gasteiger partial charge in [0.25, 0.3) is 0 Å². The zero-order valence-corrected chi connectivity index (χ0v) is 16.8. The van der Waals surface area contributed by atoms with Crippen molar-refractivity contribution < 1.29 is 0 Å². The number of nitrogens with zero attached hydrogens (tertiary/aromatic N) is 2. The Morgan fingerprint density at radius 3 is 2.30 bits per heavy atom. The van der Waals surface area contributed by atoms with Crippen LogP contribution in [0.4, 0.5) is 0 Å². The van der Waals surface area contributed by atoms with Crippen LogP contribution in [-0.2, 0) is 6.54 Å². The number of halogens is 1. The van der Waals surface area contributed by atoms with Gasteiger partial charge in [0.1, 0.15) is 0 Å². The van der Waals surface area contributed by atoms with Gasteiger partial charge in [-0.15, -0.1) is 24.0 Å². The fourth-order valence-corrected chi connectivity index (χ4v) is 2.80. The van der Waals surface area contributed by atoms with Crippen LogP contribution in [0.25, 0.3) is 0 Å². The summed E-state index contributed by atoms with van der Waals surface area (Å²) >= 11 is 0. The molecule has 1 aliphatic heterocycles. The topological polar surface area (TPSA) is 39.7 Å². The molecule has 1 heterocycles. The van der Waals surface area contributed by atoms with Gasteiger partial charge in [0.2, 0.25) is 0 Å². The van der Waals surface area contributed by atoms with E-state index in [-0.39, 0.29) is 24.0 Å². The molecule has 2 rings (SSSR count). The first-order valence-electron chi connectivity index (χ1n) is 8.50. The van der Waals surface area contributed by atoms with Crippen LogP contribution in [0.3, 0.4) is 0 Å². The summed E-state index contributed by atoms with van der Waals surface area (Å²) < 4.78 is 0. The summed E-state index contributed by atoms with van der Waals surface area (Å²) in [6.45, 7) is 7.47. The normalized spacial score (nSPS) is 16.3. The molecule has 0 atom stereocenters. The van der Waals surface area contributed by atoms with Crippen molar-refractivity contribution in [3.63, 3.8) is 0 Å². The summed E-state index contributed by atoms with van der Waals surface area (Å²) in [4.78, 5) is 6.86. The highest BCUT2D eigenvalue weighted by molar-refractivity contribution is 14.0. The summed E-state index contributed by atoms with van der Waals surface area (Å²) in [7, 11) is 1.83. The predicted octanol–water partition coefficient (Wildman–Crippen LogP) is 3.15. The average molecular weight is 430 g/mol. The second-order valence-electron chi connectivity index (χ2n) is 6.09. The van der Waals surface area contributed by atoms with Crippen molar-refractivity contribution in [3.8, 4) is 0 Å². The molecule has 1 fully saturated rings. The molecule has 0 bridgehead atoms. The molecule has 130 valence electrons. The molecule has 0 unspecified atom stereocenters. The molecule has 0 aliphatic carbocycles. The molecule has 1 aromatic carbocycles. The van der Waals surface area contributed by atoms with Crippen LogP contribution in [-0.4, -0.2) is 44.1 Å². The van der Waals surface area contributed by atoms with Gasteiger partial charge in [-0.05, 0) is 38.4 Å². The first-order valence-corrected chi connectivity index (χ1v) is 8.50. The Morgan fingerprint density at radius 1 is 1.04 bits per heavy atom. The molecular formula is C18H31IN4. The number of aliphatic imine (C=N–C) groups is 1. The quantitative estimate of drug-likeness (QED) is 0.429. The predicted molar refractivity (Wildman–Crippen MR) is 110 cm³/mol. The van der Waals surface area contributed by atoms with Gasteiger partial charge < -0.3 is 15.5 Å². The second-order valence-corrected chi connectivity index (χ2v) is 6.09. The second kappa shape index (κ2) is 11.7. The Kier molecular flexibility index (Phi) is 10.3. The SMILES string of the molecule is CN=C(NCCN1CCCCCC1)NCc1ccc(C)cc1.I. The van der Waals surface area contributed by atoms with Gasteiger partial charge in [-0.1, -0.05) is 42.7 Å². The minimum absolute atomic E-state index is 0. The Labute approximate surface area is 158 Å². The van der Waals surface area contributed by atoms with Crippen molar-refractivity contribution in [1.82, 2.24) is 15.5 Å². The van der Waals surface area contributed by atoms with Crippen LogP contribution < -0.4 is 10.6 Å². The van der Waals surface area contributed by atoms with Gasteiger partial charge in [-0.2, -0.15) is 0 Å². The molecule has 5 heteroatoms. The third-order valence-electron chi connectivity index (χ3n) is 4.22. The first kappa shape index (κ1) is 20.2. The maximum absolute atomic E-state index is 4.30. The van der Waals surface area contributed by atoms with Crippen LogP contribution >= 0.6 is 24.0 Å². The first-order chi connectivity index (χ1) is 10.8. The largest absolute Gasteiger partial charge is 0.355 e. The lowest BCUT2D eigenvalue weighted by atomic mass is 10.1. The van der Waals surface area contributed by atoms with Crippen LogP contribution in [0, 0.1) is 6.92 Å². The van der Waals surface area contributed by atoms with Crippen molar-refractivity contribution in [2.45, 2.75) is 39.2 Å². The van der Waals surface area contributed by atoms with E-state index in [1.54, 1.807) is 0 Å². The number of rotatable bonds is 5. The molecule has 23 heavy (non-hydrogen) atoms. The third-order valence-corrected chi connectivity index (χ3v) is 4.22. The average Bonchev–Trinajstić information content (AvgIpc) is 2.81. The molecule has 0 radical (unpaired) electrons. The summed E-state index contributed by atoms with van der Waals surface area (Å²) in [6, 6.07) is 8.61. The number of aryl methyl sites for hydroxylation is 1. The Hall–Kier alpha value is -0.820. The Morgan fingerprint density at radius 2 is 1.70 bits per heavy atom. The van der Waals surface area contributed by atoms with Gasteiger partial charge in [-0.25, -0.2) is 0 Å². The van der Waals surface area contributed by atoms with Gasteiger partial charge in [-0.3, -0.25) is 4.99 Å². The van der Waals surface area contributed by atoms with E-state index in [9.17, 15) is 0 Å². The van der Waals surface area contributed by atoms with Gasteiger partial charge in [0.05, 0.1) is 0 Å². The van der Waals surface area contributed by atoms with Crippen molar-refractivity contribution in [2.75, 3.05) is 33.2 Å². The zero-order valence-electron chi connectivity index (χ0n) is 14.5. The molecule has 0 spiro atoms. The van der Waals surface area contributed by atoms with Gasteiger partial charge in [0, 0.05) is 26.7 Å². The van der Waals surface area contributed by atoms with Gasteiger partial charge in [0.15, 0.2) is 5.96 Å². The van der Waals surface area contributed by atoms with Crippen molar-refractivity contribution >= 4 is 29.9 Å². The van der Waals surface area contributed by atoms with E-state index in [0.29, 0.717) is 0 Å². The molecule has 4 nitrogen and oxygen atoms in total. The van der Waals surface area contributed by atoms with E-state index in [4.69, 9.17) is 0 Å². The molecule has 1 saturated heterocycles. The maximum Gasteiger partial charge on any atom is 0.191 e. The third kappa shape index (κ3) is 8.01. The number of guanidine groups is 1. The summed E-state index contributed by atoms with van der Waals surface area (Å²) in [5.41, 5.74) is 2.57. The zero-order chi connectivity index (χ0) is 15.6. The maximum atomic E-state index is 4.30. The highest BCUT2D eigenvalue weighted by Crippen LogP contribution is 2.08. The lowest BCUT2D eigenvalue weighted by Gasteiger charge is -2.20. The summed E-state index contributed by atoms with van der Waals surface area (Å²) in [5, 5.41) is 6.79. The van der Waals surface area contributed by atoms with E-state index < -0.39 is 0 Å². The highest BCUT2D eigenvalue weighted by Gasteiger charge is 2.08. The Balaban J connectivity index is 0.00000264. The van der Waals surface area contributed by atoms with Crippen molar-refractivity contribution in [1.29, 1.82) is 0 Å². The molecule has 2 N–H and O–H groups in total. The number of likely N-dealkylation sites (tertiary alicyclic amines) is 1. The van der Waals surface area contributed by atoms with Crippen LogP contribution in [0.15, 0.2) is 29.3 Å². The molecule has 0 saturated carbocycles. The summed E-state index contributed by atoms with van der Waals surface area (Å²) in [6.07, 6.45) is 5.48. The molecule has 1 aliphatic rings. The fourth-order valence-electron chi connectivity index (χ4n) is 2.80. The number of hydrogen-bond acceptors (Lipinski definition) is 2. The molecule has 0 amide bonds. The molecule has 0 aromatic heterocycles. The van der Waals surface area contributed by atoms with Crippen molar-refractivity contribution in [3.05, 3.63) is 35.4 Å². The minimum atomic E-state index is 0. The lowest BCUT2D eigenvalue weighted by molar-refractivity contribution is 0.289. The van der Waals surface area contributed by atoms with Crippen molar-refractivity contribution in [2.24, 2.45) is 4.99 Å². The number of nitrogens with one attached hydrogen (secondary N) is 2. The van der Waals surface area contributed by atoms with E-state index >= 15 is 0 Å². The van der Waals surface area contributed by atoms with Crippen LogP contribution in [0.5, 0.6) is 0 Å². The lowest BCUT2D eigenvalue weighted by Crippen LogP contribution is -2.41. The summed E-state index contributed by atoms with van der Waals surface area (Å²) in [5.74, 6) is 0.885. The van der Waals surface area contributed by atoms with E-state index in [2.05, 4.69) is 51.7 Å². The fraction of sp³-hybridized carbons (Fsp3) is 0.611.